The van der Waals surface area contributed by atoms with E-state index in [4.69, 9.17) is 0 Å². The lowest BCUT2D eigenvalue weighted by Crippen LogP contribution is -1.95. The number of hydrogen-bond acceptors (Lipinski definition) is 0. The second-order valence-corrected chi connectivity index (χ2v) is 4.04. The fourth-order valence-corrected chi connectivity index (χ4v) is 1.31. The predicted octanol–water partition coefficient (Wildman–Crippen LogP) is 4.42. The minimum absolute atomic E-state index is 0.735. The molecule has 0 saturated heterocycles. The normalized spacial score (nSPS) is 15.3. The molecule has 0 heterocycles. The molecule has 0 fully saturated rings. The molecule has 0 heteroatoms. The van der Waals surface area contributed by atoms with Crippen molar-refractivity contribution in [3.05, 3.63) is 11.6 Å². The molecular weight excluding hydrogens is 144 g/mol. The summed E-state index contributed by atoms with van der Waals surface area (Å²) in [6, 6.07) is 0. The van der Waals surface area contributed by atoms with Crippen LogP contribution in [0.3, 0.4) is 0 Å². The van der Waals surface area contributed by atoms with Gasteiger partial charge in [-0.25, -0.2) is 0 Å². The van der Waals surface area contributed by atoms with Crippen LogP contribution in [0.15, 0.2) is 11.6 Å². The molecule has 0 amide bonds. The van der Waals surface area contributed by atoms with Crippen LogP contribution >= 0.6 is 0 Å². The van der Waals surface area contributed by atoms with Gasteiger partial charge in [-0.05, 0) is 24.7 Å². The monoisotopic (exact) mass is 168 g/mol. The highest BCUT2D eigenvalue weighted by atomic mass is 14.1. The fraction of sp³-hybridized carbons (Fsp3) is 0.833. The molecule has 72 valence electrons. The molecule has 0 bridgehead atoms. The fourth-order valence-electron chi connectivity index (χ4n) is 1.31. The van der Waals surface area contributed by atoms with E-state index in [0.29, 0.717) is 0 Å². The van der Waals surface area contributed by atoms with Gasteiger partial charge in [-0.2, -0.15) is 0 Å². The van der Waals surface area contributed by atoms with E-state index in [1.54, 1.807) is 5.57 Å². The SMILES string of the molecule is CCC(=CCC(C)CC)C(C)C. The number of rotatable bonds is 5. The summed E-state index contributed by atoms with van der Waals surface area (Å²) in [4.78, 5) is 0. The van der Waals surface area contributed by atoms with Gasteiger partial charge in [0, 0.05) is 0 Å². The highest BCUT2D eigenvalue weighted by Crippen LogP contribution is 2.17. The highest BCUT2D eigenvalue weighted by molar-refractivity contribution is 5.04. The van der Waals surface area contributed by atoms with E-state index in [2.05, 4.69) is 40.7 Å². The minimum Gasteiger partial charge on any atom is -0.0848 e. The van der Waals surface area contributed by atoms with Crippen LogP contribution in [0.2, 0.25) is 0 Å². The molecule has 0 nitrogen and oxygen atoms in total. The van der Waals surface area contributed by atoms with Crippen molar-refractivity contribution in [2.75, 3.05) is 0 Å². The Kier molecular flexibility index (Phi) is 6.14. The standard InChI is InChI=1S/C12H24/c1-6-11(5)8-9-12(7-2)10(3)4/h9-11H,6-8H2,1-5H3. The van der Waals surface area contributed by atoms with Crippen LogP contribution < -0.4 is 0 Å². The zero-order chi connectivity index (χ0) is 9.56. The zero-order valence-electron chi connectivity index (χ0n) is 9.35. The Morgan fingerprint density at radius 2 is 1.75 bits per heavy atom. The second kappa shape index (κ2) is 6.28. The molecule has 0 saturated carbocycles. The van der Waals surface area contributed by atoms with Gasteiger partial charge in [0.2, 0.25) is 0 Å². The average Bonchev–Trinajstić information content (AvgIpc) is 2.04. The maximum absolute atomic E-state index is 2.44. The molecule has 0 rings (SSSR count). The lowest BCUT2D eigenvalue weighted by Gasteiger charge is -2.10. The Morgan fingerprint density at radius 1 is 1.17 bits per heavy atom. The van der Waals surface area contributed by atoms with E-state index in [1.807, 2.05) is 0 Å². The maximum atomic E-state index is 2.44. The van der Waals surface area contributed by atoms with Gasteiger partial charge in [0.15, 0.2) is 0 Å². The number of hydrogen-bond donors (Lipinski definition) is 0. The third-order valence-electron chi connectivity index (χ3n) is 2.63. The van der Waals surface area contributed by atoms with Crippen molar-refractivity contribution in [3.8, 4) is 0 Å². The molecule has 0 N–H and O–H groups in total. The van der Waals surface area contributed by atoms with Gasteiger partial charge in [0.05, 0.1) is 0 Å². The largest absolute Gasteiger partial charge is 0.0848 e. The maximum Gasteiger partial charge on any atom is -0.0260 e. The summed E-state index contributed by atoms with van der Waals surface area (Å²) in [6.45, 7) is 11.4. The van der Waals surface area contributed by atoms with E-state index < -0.39 is 0 Å². The first-order valence-corrected chi connectivity index (χ1v) is 5.30. The van der Waals surface area contributed by atoms with Crippen molar-refractivity contribution in [2.45, 2.75) is 53.9 Å². The Balaban J connectivity index is 3.94. The third-order valence-corrected chi connectivity index (χ3v) is 2.63. The molecule has 0 aromatic rings. The first-order valence-electron chi connectivity index (χ1n) is 5.30. The molecule has 0 radical (unpaired) electrons. The van der Waals surface area contributed by atoms with Crippen molar-refractivity contribution < 1.29 is 0 Å². The van der Waals surface area contributed by atoms with Crippen LogP contribution in [-0.2, 0) is 0 Å². The van der Waals surface area contributed by atoms with Gasteiger partial charge in [-0.3, -0.25) is 0 Å². The van der Waals surface area contributed by atoms with E-state index in [9.17, 15) is 0 Å². The third kappa shape index (κ3) is 4.58. The molecule has 0 aliphatic carbocycles. The van der Waals surface area contributed by atoms with Crippen molar-refractivity contribution in [3.63, 3.8) is 0 Å². The van der Waals surface area contributed by atoms with Crippen LogP contribution in [-0.4, -0.2) is 0 Å². The summed E-state index contributed by atoms with van der Waals surface area (Å²) in [5.74, 6) is 1.59. The molecule has 1 unspecified atom stereocenters. The van der Waals surface area contributed by atoms with Crippen LogP contribution in [0.4, 0.5) is 0 Å². The van der Waals surface area contributed by atoms with Crippen molar-refractivity contribution >= 4 is 0 Å². The molecule has 0 aromatic carbocycles. The van der Waals surface area contributed by atoms with Crippen LogP contribution in [0.1, 0.15) is 53.9 Å². The summed E-state index contributed by atoms with van der Waals surface area (Å²) in [5.41, 5.74) is 1.62. The Morgan fingerprint density at radius 3 is 2.08 bits per heavy atom. The summed E-state index contributed by atoms with van der Waals surface area (Å²) in [6.07, 6.45) is 6.22. The van der Waals surface area contributed by atoms with Gasteiger partial charge >= 0.3 is 0 Å². The average molecular weight is 168 g/mol. The van der Waals surface area contributed by atoms with Crippen LogP contribution in [0, 0.1) is 11.8 Å². The smallest absolute Gasteiger partial charge is 0.0260 e. The topological polar surface area (TPSA) is 0 Å². The van der Waals surface area contributed by atoms with E-state index in [0.717, 1.165) is 11.8 Å². The quantitative estimate of drug-likeness (QED) is 0.533. The summed E-state index contributed by atoms with van der Waals surface area (Å²) < 4.78 is 0. The molecule has 0 aliphatic rings. The Bertz CT molecular complexity index is 131. The Labute approximate surface area is 78.1 Å². The molecule has 1 atom stereocenters. The minimum atomic E-state index is 0.735. The van der Waals surface area contributed by atoms with Gasteiger partial charge in [-0.1, -0.05) is 52.7 Å². The lowest BCUT2D eigenvalue weighted by atomic mass is 9.96. The summed E-state index contributed by atoms with van der Waals surface area (Å²) in [7, 11) is 0. The van der Waals surface area contributed by atoms with Crippen LogP contribution in [0.5, 0.6) is 0 Å². The van der Waals surface area contributed by atoms with Crippen LogP contribution in [0.25, 0.3) is 0 Å². The van der Waals surface area contributed by atoms with E-state index in [-0.39, 0.29) is 0 Å². The van der Waals surface area contributed by atoms with Crippen molar-refractivity contribution in [2.24, 2.45) is 11.8 Å². The summed E-state index contributed by atoms with van der Waals surface area (Å²) in [5, 5.41) is 0. The molecule has 0 aliphatic heterocycles. The van der Waals surface area contributed by atoms with E-state index >= 15 is 0 Å². The van der Waals surface area contributed by atoms with Crippen molar-refractivity contribution in [1.82, 2.24) is 0 Å². The molecular formula is C12H24. The van der Waals surface area contributed by atoms with Gasteiger partial charge in [-0.15, -0.1) is 0 Å². The van der Waals surface area contributed by atoms with Gasteiger partial charge in [0.25, 0.3) is 0 Å². The van der Waals surface area contributed by atoms with Gasteiger partial charge < -0.3 is 0 Å². The Hall–Kier alpha value is -0.260. The molecule has 12 heavy (non-hydrogen) atoms. The summed E-state index contributed by atoms with van der Waals surface area (Å²) >= 11 is 0. The van der Waals surface area contributed by atoms with Gasteiger partial charge in [0.1, 0.15) is 0 Å². The first kappa shape index (κ1) is 11.7. The second-order valence-electron chi connectivity index (χ2n) is 4.04. The first-order chi connectivity index (χ1) is 5.61. The molecule has 0 aromatic heterocycles. The predicted molar refractivity (Wildman–Crippen MR) is 57.3 cm³/mol. The highest BCUT2D eigenvalue weighted by Gasteiger charge is 2.01. The zero-order valence-corrected chi connectivity index (χ0v) is 9.35. The van der Waals surface area contributed by atoms with E-state index in [1.165, 1.54) is 19.3 Å². The molecule has 0 spiro atoms. The van der Waals surface area contributed by atoms with Crippen molar-refractivity contribution in [1.29, 1.82) is 0 Å². The number of allylic oxidation sites excluding steroid dienone is 2. The lowest BCUT2D eigenvalue weighted by molar-refractivity contribution is 0.565.